The summed E-state index contributed by atoms with van der Waals surface area (Å²) in [4.78, 5) is 0.326. The first kappa shape index (κ1) is 21.7. The lowest BCUT2D eigenvalue weighted by atomic mass is 10.0. The van der Waals surface area contributed by atoms with Gasteiger partial charge in [-0.05, 0) is 75.2 Å². The van der Waals surface area contributed by atoms with E-state index in [0.29, 0.717) is 10.0 Å². The molecule has 1 aliphatic rings. The van der Waals surface area contributed by atoms with Crippen LogP contribution < -0.4 is 10.6 Å². The number of rotatable bonds is 6. The maximum atomic E-state index is 13.1. The van der Waals surface area contributed by atoms with Gasteiger partial charge in [-0.1, -0.05) is 36.8 Å². The second-order valence-corrected chi connectivity index (χ2v) is 9.86. The van der Waals surface area contributed by atoms with Gasteiger partial charge < -0.3 is 10.6 Å². The van der Waals surface area contributed by atoms with E-state index in [9.17, 15) is 8.42 Å². The summed E-state index contributed by atoms with van der Waals surface area (Å²) in [6, 6.07) is 17.1. The number of piperidine rings is 1. The summed E-state index contributed by atoms with van der Waals surface area (Å²) < 4.78 is 27.8. The molecule has 1 fully saturated rings. The Kier molecular flexibility index (Phi) is 7.27. The highest BCUT2D eigenvalue weighted by Gasteiger charge is 2.35. The zero-order chi connectivity index (χ0) is 20.9. The molecule has 2 unspecified atom stereocenters. The quantitative estimate of drug-likeness (QED) is 0.673. The molecule has 0 bridgehead atoms. The van der Waals surface area contributed by atoms with Gasteiger partial charge in [0, 0.05) is 24.3 Å². The predicted octanol–water partition coefficient (Wildman–Crippen LogP) is 4.17. The van der Waals surface area contributed by atoms with Crippen LogP contribution >= 0.6 is 12.2 Å². The molecule has 5 nitrogen and oxygen atoms in total. The van der Waals surface area contributed by atoms with Crippen molar-refractivity contribution >= 4 is 33.0 Å². The van der Waals surface area contributed by atoms with Crippen LogP contribution in [0.2, 0.25) is 0 Å². The van der Waals surface area contributed by atoms with Crippen LogP contribution in [0.3, 0.4) is 0 Å². The van der Waals surface area contributed by atoms with E-state index < -0.39 is 10.0 Å². The van der Waals surface area contributed by atoms with Crippen LogP contribution in [0, 0.1) is 0 Å². The molecule has 156 valence electrons. The highest BCUT2D eigenvalue weighted by molar-refractivity contribution is 7.89. The summed E-state index contributed by atoms with van der Waals surface area (Å²) in [5, 5.41) is 6.82. The molecule has 1 aliphatic heterocycles. The summed E-state index contributed by atoms with van der Waals surface area (Å²) in [6.07, 6.45) is 3.77. The summed E-state index contributed by atoms with van der Waals surface area (Å²) in [5.74, 6) is 0. The van der Waals surface area contributed by atoms with Crippen LogP contribution in [0.4, 0.5) is 5.69 Å². The molecule has 0 amide bonds. The van der Waals surface area contributed by atoms with Gasteiger partial charge in [0.15, 0.2) is 5.11 Å². The zero-order valence-electron chi connectivity index (χ0n) is 17.0. The lowest BCUT2D eigenvalue weighted by molar-refractivity contribution is 0.204. The van der Waals surface area contributed by atoms with Crippen LogP contribution in [-0.2, 0) is 16.4 Å². The molecular weight excluding hydrogens is 402 g/mol. The maximum Gasteiger partial charge on any atom is 0.243 e. The van der Waals surface area contributed by atoms with Gasteiger partial charge >= 0.3 is 0 Å². The molecule has 1 saturated heterocycles. The average molecular weight is 432 g/mol. The van der Waals surface area contributed by atoms with Crippen molar-refractivity contribution < 1.29 is 8.42 Å². The maximum absolute atomic E-state index is 13.1. The standard InChI is InChI=1S/C22H29N3O2S2/c1-17-7-6-8-18(2)25(17)29(26,27)21-13-11-20(12-14-21)24-22(28)23-16-15-19-9-4-3-5-10-19/h3-5,9-14,17-18H,6-8,15-16H2,1-2H3,(H2,23,24,28). The van der Waals surface area contributed by atoms with E-state index in [2.05, 4.69) is 22.8 Å². The first-order valence-corrected chi connectivity index (χ1v) is 11.9. The topological polar surface area (TPSA) is 61.4 Å². The smallest absolute Gasteiger partial charge is 0.243 e. The Bertz CT molecular complexity index is 905. The van der Waals surface area contributed by atoms with Gasteiger partial charge in [0.05, 0.1) is 4.90 Å². The Morgan fingerprint density at radius 1 is 1.03 bits per heavy atom. The van der Waals surface area contributed by atoms with Crippen molar-refractivity contribution in [3.8, 4) is 0 Å². The second-order valence-electron chi connectivity index (χ2n) is 7.60. The minimum atomic E-state index is -3.49. The van der Waals surface area contributed by atoms with E-state index in [4.69, 9.17) is 12.2 Å². The molecule has 0 radical (unpaired) electrons. The highest BCUT2D eigenvalue weighted by Crippen LogP contribution is 2.29. The zero-order valence-corrected chi connectivity index (χ0v) is 18.6. The number of nitrogens with one attached hydrogen (secondary N) is 2. The molecule has 1 heterocycles. The molecule has 0 aliphatic carbocycles. The minimum Gasteiger partial charge on any atom is -0.362 e. The number of benzene rings is 2. The number of hydrogen-bond donors (Lipinski definition) is 2. The Labute approximate surface area is 179 Å². The van der Waals surface area contributed by atoms with Gasteiger partial charge in [0.25, 0.3) is 0 Å². The molecule has 2 aromatic carbocycles. The van der Waals surface area contributed by atoms with Gasteiger partial charge in [0.1, 0.15) is 0 Å². The van der Waals surface area contributed by atoms with Gasteiger partial charge in [-0.15, -0.1) is 0 Å². The van der Waals surface area contributed by atoms with E-state index in [0.717, 1.165) is 37.9 Å². The van der Waals surface area contributed by atoms with Crippen molar-refractivity contribution in [2.75, 3.05) is 11.9 Å². The Hall–Kier alpha value is -1.96. The monoisotopic (exact) mass is 431 g/mol. The third-order valence-electron chi connectivity index (χ3n) is 5.34. The molecular formula is C22H29N3O2S2. The number of hydrogen-bond acceptors (Lipinski definition) is 3. The third kappa shape index (κ3) is 5.56. The number of sulfonamides is 1. The largest absolute Gasteiger partial charge is 0.362 e. The summed E-state index contributed by atoms with van der Waals surface area (Å²) in [5.41, 5.74) is 2.01. The van der Waals surface area contributed by atoms with E-state index in [1.807, 2.05) is 32.0 Å². The van der Waals surface area contributed by atoms with Crippen molar-refractivity contribution in [1.29, 1.82) is 0 Å². The minimum absolute atomic E-state index is 0.0305. The average Bonchev–Trinajstić information content (AvgIpc) is 2.69. The van der Waals surface area contributed by atoms with E-state index in [1.165, 1.54) is 5.56 Å². The van der Waals surface area contributed by atoms with Crippen molar-refractivity contribution in [3.05, 3.63) is 60.2 Å². The molecule has 3 rings (SSSR count). The van der Waals surface area contributed by atoms with Crippen molar-refractivity contribution in [2.24, 2.45) is 0 Å². The molecule has 0 aromatic heterocycles. The number of anilines is 1. The molecule has 2 aromatic rings. The number of thiocarbonyl (C=S) groups is 1. The number of nitrogens with zero attached hydrogens (tertiary/aromatic N) is 1. The molecule has 0 saturated carbocycles. The second kappa shape index (κ2) is 9.69. The van der Waals surface area contributed by atoms with E-state index in [-0.39, 0.29) is 12.1 Å². The van der Waals surface area contributed by atoms with Crippen molar-refractivity contribution in [2.45, 2.75) is 56.5 Å². The molecule has 0 spiro atoms. The highest BCUT2D eigenvalue weighted by atomic mass is 32.2. The third-order valence-corrected chi connectivity index (χ3v) is 7.73. The van der Waals surface area contributed by atoms with Crippen LogP contribution in [0.15, 0.2) is 59.5 Å². The SMILES string of the molecule is CC1CCCC(C)N1S(=O)(=O)c1ccc(NC(=S)NCCc2ccccc2)cc1. The van der Waals surface area contributed by atoms with E-state index >= 15 is 0 Å². The fourth-order valence-electron chi connectivity index (χ4n) is 3.84. The Balaban J connectivity index is 1.57. The Morgan fingerprint density at radius 2 is 1.66 bits per heavy atom. The predicted molar refractivity (Wildman–Crippen MR) is 123 cm³/mol. The fourth-order valence-corrected chi connectivity index (χ4v) is 5.95. The summed E-state index contributed by atoms with van der Waals surface area (Å²) in [7, 11) is -3.49. The molecule has 29 heavy (non-hydrogen) atoms. The summed E-state index contributed by atoms with van der Waals surface area (Å²) in [6.45, 7) is 4.71. The summed E-state index contributed by atoms with van der Waals surface area (Å²) >= 11 is 5.34. The van der Waals surface area contributed by atoms with Crippen molar-refractivity contribution in [3.63, 3.8) is 0 Å². The van der Waals surface area contributed by atoms with Crippen LogP contribution in [0.1, 0.15) is 38.7 Å². The molecule has 7 heteroatoms. The lowest BCUT2D eigenvalue weighted by Gasteiger charge is -2.37. The first-order valence-electron chi connectivity index (χ1n) is 10.1. The van der Waals surface area contributed by atoms with Gasteiger partial charge in [-0.25, -0.2) is 8.42 Å². The lowest BCUT2D eigenvalue weighted by Crippen LogP contribution is -2.47. The normalized spacial score (nSPS) is 20.2. The van der Waals surface area contributed by atoms with Crippen LogP contribution in [-0.4, -0.2) is 36.5 Å². The Morgan fingerprint density at radius 3 is 2.28 bits per heavy atom. The van der Waals surface area contributed by atoms with Gasteiger partial charge in [0.2, 0.25) is 10.0 Å². The van der Waals surface area contributed by atoms with Crippen LogP contribution in [0.5, 0.6) is 0 Å². The molecule has 2 N–H and O–H groups in total. The van der Waals surface area contributed by atoms with Gasteiger partial charge in [-0.2, -0.15) is 4.31 Å². The van der Waals surface area contributed by atoms with Gasteiger partial charge in [-0.3, -0.25) is 0 Å². The van der Waals surface area contributed by atoms with Crippen molar-refractivity contribution in [1.82, 2.24) is 9.62 Å². The molecule has 2 atom stereocenters. The van der Waals surface area contributed by atoms with E-state index in [1.54, 1.807) is 28.6 Å². The van der Waals surface area contributed by atoms with Crippen LogP contribution in [0.25, 0.3) is 0 Å². The fraction of sp³-hybridized carbons (Fsp3) is 0.409. The first-order chi connectivity index (χ1) is 13.9.